The summed E-state index contributed by atoms with van der Waals surface area (Å²) in [5.74, 6) is 36.7. The van der Waals surface area contributed by atoms with Crippen molar-refractivity contribution in [3.8, 4) is 0 Å². The number of hydrogen-bond donors (Lipinski definition) is 0. The molecule has 164 valence electrons. The summed E-state index contributed by atoms with van der Waals surface area (Å²) in [6.45, 7) is 0. The molecule has 0 spiro atoms. The number of hydrogen-bond acceptors (Lipinski definition) is 0. The van der Waals surface area contributed by atoms with Gasteiger partial charge in [-0.1, -0.05) is 0 Å². The largest absolute Gasteiger partial charge is 0.0496 e. The monoisotopic (exact) mass is 420 g/mol. The normalized spacial score (nSPS) is 97.5. The van der Waals surface area contributed by atoms with Gasteiger partial charge in [0, 0.05) is 0 Å². The van der Waals surface area contributed by atoms with E-state index in [1.807, 2.05) is 0 Å². The van der Waals surface area contributed by atoms with Crippen LogP contribution in [-0.2, 0) is 0 Å². The smallest absolute Gasteiger partial charge is 0.0312 e. The highest BCUT2D eigenvalue weighted by molar-refractivity contribution is 5.42. The van der Waals surface area contributed by atoms with Crippen LogP contribution in [0, 0.1) is 166 Å². The highest BCUT2D eigenvalue weighted by atomic mass is 15.0. The Morgan fingerprint density at radius 1 is 0.156 bits per heavy atom. The minimum absolute atomic E-state index is 1.27. The van der Waals surface area contributed by atoms with Gasteiger partial charge < -0.3 is 0 Å². The van der Waals surface area contributed by atoms with Gasteiger partial charge in [0.05, 0.1) is 0 Å². The molecule has 0 N–H and O–H groups in total. The Hall–Kier alpha value is 0. The van der Waals surface area contributed by atoms with E-state index in [-0.39, 0.29) is 0 Å². The summed E-state index contributed by atoms with van der Waals surface area (Å²) in [6.07, 6.45) is 6.61. The molecule has 0 bridgehead atoms. The lowest BCUT2D eigenvalue weighted by Gasteiger charge is -3.00. The van der Waals surface area contributed by atoms with Crippen LogP contribution in [0.1, 0.15) is 25.7 Å². The quantitative estimate of drug-likeness (QED) is 0.484. The van der Waals surface area contributed by atoms with E-state index in [4.69, 9.17) is 0 Å². The molecule has 0 nitrogen and oxygen atoms in total. The third-order valence-electron chi connectivity index (χ3n) is 19.9. The van der Waals surface area contributed by atoms with Crippen LogP contribution in [0.2, 0.25) is 0 Å². The molecular formula is C32H36. The van der Waals surface area contributed by atoms with Crippen molar-refractivity contribution in [2.45, 2.75) is 25.7 Å². The molecule has 0 heterocycles. The summed E-state index contributed by atoms with van der Waals surface area (Å²) in [6, 6.07) is 0. The van der Waals surface area contributed by atoms with E-state index in [1.165, 1.54) is 166 Å². The fraction of sp³-hybridized carbons (Fsp3) is 1.00. The van der Waals surface area contributed by atoms with E-state index in [2.05, 4.69) is 0 Å². The third kappa shape index (κ3) is 0.873. The van der Waals surface area contributed by atoms with Crippen LogP contribution in [0.15, 0.2) is 0 Å². The molecule has 24 atom stereocenters. The standard InChI is InChI=1S/C32H36/c1-2-6-5(1)9-10(6)14-13(9)17-18(14)22-21(17)25-26(22)30-29(25)31-27-23-19-15-11-7-3-4-8(7)12(11)16(15)20(19)24(23)28(27)32(30)31/h5-32H,1-4H2. The van der Waals surface area contributed by atoms with Gasteiger partial charge in [0.1, 0.15) is 0 Å². The van der Waals surface area contributed by atoms with Crippen molar-refractivity contribution in [1.29, 1.82) is 0 Å². The van der Waals surface area contributed by atoms with Crippen molar-refractivity contribution in [2.75, 3.05) is 0 Å². The second kappa shape index (κ2) is 3.60. The van der Waals surface area contributed by atoms with Gasteiger partial charge in [-0.25, -0.2) is 0 Å². The zero-order valence-electron chi connectivity index (χ0n) is 19.0. The second-order valence-corrected chi connectivity index (χ2v) is 17.7. The molecule has 0 aromatic heterocycles. The Morgan fingerprint density at radius 2 is 0.281 bits per heavy atom. The Bertz CT molecular complexity index is 953. The Labute approximate surface area is 191 Å². The van der Waals surface area contributed by atoms with Gasteiger partial charge in [0.25, 0.3) is 0 Å². The van der Waals surface area contributed by atoms with Crippen molar-refractivity contribution in [1.82, 2.24) is 0 Å². The fourth-order valence-corrected chi connectivity index (χ4v) is 19.8. The lowest BCUT2D eigenvalue weighted by Crippen LogP contribution is -2.96. The van der Waals surface area contributed by atoms with Crippen molar-refractivity contribution in [3.63, 3.8) is 0 Å². The minimum Gasteiger partial charge on any atom is -0.0496 e. The molecule has 15 aliphatic carbocycles. The first-order valence-electron chi connectivity index (χ1n) is 16.0. The molecular weight excluding hydrogens is 384 g/mol. The molecule has 15 saturated carbocycles. The van der Waals surface area contributed by atoms with Gasteiger partial charge in [-0.3, -0.25) is 0 Å². The van der Waals surface area contributed by atoms with Crippen molar-refractivity contribution < 1.29 is 0 Å². The van der Waals surface area contributed by atoms with Crippen molar-refractivity contribution >= 4 is 0 Å². The first-order chi connectivity index (χ1) is 16.0. The Kier molecular flexibility index (Phi) is 1.64. The first-order valence-corrected chi connectivity index (χ1v) is 16.0. The maximum absolute atomic E-state index is 1.65. The SMILES string of the molecule is C1CC2C1C1C2C2C1C1C2C2C1C1C2C2C1C1C3C4C5C6C7C8CCC8C7C6C5C4C3C21. The summed E-state index contributed by atoms with van der Waals surface area (Å²) in [7, 11) is 0. The summed E-state index contributed by atoms with van der Waals surface area (Å²) in [5, 5.41) is 0. The van der Waals surface area contributed by atoms with Crippen molar-refractivity contribution in [3.05, 3.63) is 0 Å². The topological polar surface area (TPSA) is 0 Å². The predicted molar refractivity (Wildman–Crippen MR) is 116 cm³/mol. The van der Waals surface area contributed by atoms with Gasteiger partial charge in [-0.05, 0) is 191 Å². The lowest BCUT2D eigenvalue weighted by molar-refractivity contribution is -0.530. The molecule has 15 fully saturated rings. The summed E-state index contributed by atoms with van der Waals surface area (Å²) >= 11 is 0. The van der Waals surface area contributed by atoms with Crippen LogP contribution in [0.5, 0.6) is 0 Å². The molecule has 0 heteroatoms. The van der Waals surface area contributed by atoms with Gasteiger partial charge in [-0.2, -0.15) is 0 Å². The second-order valence-electron chi connectivity index (χ2n) is 17.7. The third-order valence-corrected chi connectivity index (χ3v) is 19.9. The highest BCUT2D eigenvalue weighted by Gasteiger charge is 2.96. The molecule has 0 aliphatic heterocycles. The van der Waals surface area contributed by atoms with Crippen molar-refractivity contribution in [2.24, 2.45) is 166 Å². The average molecular weight is 421 g/mol. The molecule has 32 heavy (non-hydrogen) atoms. The molecule has 0 aromatic carbocycles. The first kappa shape index (κ1) is 14.5. The van der Waals surface area contributed by atoms with Crippen LogP contribution >= 0.6 is 0 Å². The zero-order valence-corrected chi connectivity index (χ0v) is 19.0. The summed E-state index contributed by atoms with van der Waals surface area (Å²) in [5.41, 5.74) is 0. The number of fused-ring (bicyclic) bond motifs is 40. The molecule has 0 amide bonds. The van der Waals surface area contributed by atoms with E-state index in [0.29, 0.717) is 0 Å². The maximum atomic E-state index is 1.65. The molecule has 15 rings (SSSR count). The average Bonchev–Trinajstić information content (AvgIpc) is 2.70. The summed E-state index contributed by atoms with van der Waals surface area (Å²) < 4.78 is 0. The van der Waals surface area contributed by atoms with Gasteiger partial charge in [0.15, 0.2) is 0 Å². The van der Waals surface area contributed by atoms with Gasteiger partial charge >= 0.3 is 0 Å². The van der Waals surface area contributed by atoms with Crippen LogP contribution in [0.4, 0.5) is 0 Å². The predicted octanol–water partition coefficient (Wildman–Crippen LogP) is 5.00. The van der Waals surface area contributed by atoms with E-state index in [9.17, 15) is 0 Å². The van der Waals surface area contributed by atoms with E-state index in [0.717, 1.165) is 0 Å². The van der Waals surface area contributed by atoms with Crippen LogP contribution in [0.25, 0.3) is 0 Å². The van der Waals surface area contributed by atoms with Crippen LogP contribution in [-0.4, -0.2) is 0 Å². The summed E-state index contributed by atoms with van der Waals surface area (Å²) in [4.78, 5) is 0. The molecule has 15 aliphatic rings. The molecule has 0 aromatic rings. The fourth-order valence-electron chi connectivity index (χ4n) is 19.8. The highest BCUT2D eigenvalue weighted by Crippen LogP contribution is 2.99. The Morgan fingerprint density at radius 3 is 0.406 bits per heavy atom. The zero-order chi connectivity index (χ0) is 19.0. The molecule has 0 saturated heterocycles. The van der Waals surface area contributed by atoms with E-state index >= 15 is 0 Å². The molecule has 0 radical (unpaired) electrons. The van der Waals surface area contributed by atoms with E-state index < -0.39 is 0 Å². The molecule has 24 unspecified atom stereocenters. The Balaban J connectivity index is 0.748. The maximum Gasteiger partial charge on any atom is -0.0312 e. The van der Waals surface area contributed by atoms with Crippen LogP contribution < -0.4 is 0 Å². The van der Waals surface area contributed by atoms with Gasteiger partial charge in [0.2, 0.25) is 0 Å². The minimum atomic E-state index is 1.27. The van der Waals surface area contributed by atoms with E-state index in [1.54, 1.807) is 25.7 Å². The van der Waals surface area contributed by atoms with Crippen LogP contribution in [0.3, 0.4) is 0 Å². The number of rotatable bonds is 0. The van der Waals surface area contributed by atoms with Gasteiger partial charge in [-0.15, -0.1) is 0 Å². The lowest BCUT2D eigenvalue weighted by atomic mass is 9.05.